The third-order valence-corrected chi connectivity index (χ3v) is 4.30. The van der Waals surface area contributed by atoms with Crippen molar-refractivity contribution in [1.82, 2.24) is 14.8 Å². The summed E-state index contributed by atoms with van der Waals surface area (Å²) in [6, 6.07) is 2.20. The predicted molar refractivity (Wildman–Crippen MR) is 80.3 cm³/mol. The quantitative estimate of drug-likeness (QED) is 0.923. The molecule has 1 aliphatic rings. The zero-order valence-electron chi connectivity index (χ0n) is 11.7. The molecule has 4 nitrogen and oxygen atoms in total. The number of hydrogen-bond donors (Lipinski definition) is 1. The molecule has 1 amide bonds. The molecule has 0 unspecified atom stereocenters. The van der Waals surface area contributed by atoms with Gasteiger partial charge in [0, 0.05) is 36.8 Å². The highest BCUT2D eigenvalue weighted by Gasteiger charge is 2.26. The molecule has 0 aromatic carbocycles. The number of amides is 1. The molecule has 1 saturated heterocycles. The Labute approximate surface area is 123 Å². The number of H-pyrrole nitrogens is 1. The third-order valence-electron chi connectivity index (χ3n) is 3.84. The number of carbonyl (C=O) groups excluding carboxylic acids is 1. The molecule has 2 rings (SSSR count). The number of aromatic amines is 1. The molecule has 0 saturated carbocycles. The summed E-state index contributed by atoms with van der Waals surface area (Å²) in [4.78, 5) is 19.7. The van der Waals surface area contributed by atoms with E-state index in [1.54, 1.807) is 6.20 Å². The van der Waals surface area contributed by atoms with Crippen molar-refractivity contribution in [2.45, 2.75) is 32.2 Å². The van der Waals surface area contributed by atoms with Gasteiger partial charge in [-0.1, -0.05) is 6.92 Å². The molecule has 1 aromatic heterocycles. The van der Waals surface area contributed by atoms with E-state index in [2.05, 4.69) is 32.7 Å². The van der Waals surface area contributed by atoms with Gasteiger partial charge in [0.25, 0.3) is 5.91 Å². The van der Waals surface area contributed by atoms with Crippen LogP contribution in [0.25, 0.3) is 0 Å². The van der Waals surface area contributed by atoms with Gasteiger partial charge >= 0.3 is 0 Å². The largest absolute Gasteiger partial charge is 0.356 e. The molecule has 0 bridgehead atoms. The maximum Gasteiger partial charge on any atom is 0.270 e. The summed E-state index contributed by atoms with van der Waals surface area (Å²) in [5, 5.41) is 0. The van der Waals surface area contributed by atoms with E-state index in [0.29, 0.717) is 11.7 Å². The zero-order valence-corrected chi connectivity index (χ0v) is 13.2. The van der Waals surface area contributed by atoms with Crippen molar-refractivity contribution in [3.63, 3.8) is 0 Å². The Hall–Kier alpha value is -0.810. The Balaban J connectivity index is 1.90. The maximum absolute atomic E-state index is 12.3. The molecule has 1 aromatic rings. The van der Waals surface area contributed by atoms with Gasteiger partial charge < -0.3 is 14.8 Å². The van der Waals surface area contributed by atoms with Gasteiger partial charge in [-0.3, -0.25) is 4.79 Å². The summed E-state index contributed by atoms with van der Waals surface area (Å²) in [5.74, 6) is 0.0830. The first-order valence-electron chi connectivity index (χ1n) is 6.95. The first kappa shape index (κ1) is 14.6. The molecule has 1 aliphatic heterocycles. The van der Waals surface area contributed by atoms with E-state index in [0.717, 1.165) is 30.4 Å². The summed E-state index contributed by atoms with van der Waals surface area (Å²) >= 11 is 3.36. The Morgan fingerprint density at radius 1 is 1.53 bits per heavy atom. The minimum absolute atomic E-state index is 0.0830. The number of hydrogen-bond acceptors (Lipinski definition) is 2. The van der Waals surface area contributed by atoms with Crippen LogP contribution in [0.1, 0.15) is 36.7 Å². The topological polar surface area (TPSA) is 39.3 Å². The number of aromatic nitrogens is 1. The van der Waals surface area contributed by atoms with Crippen molar-refractivity contribution in [1.29, 1.82) is 0 Å². The van der Waals surface area contributed by atoms with Gasteiger partial charge in [-0.2, -0.15) is 0 Å². The normalized spacial score (nSPS) is 17.6. The summed E-state index contributed by atoms with van der Waals surface area (Å²) in [7, 11) is 1.91. The van der Waals surface area contributed by atoms with Crippen LogP contribution in [0.4, 0.5) is 0 Å². The smallest absolute Gasteiger partial charge is 0.270 e. The summed E-state index contributed by atoms with van der Waals surface area (Å²) < 4.78 is 0.919. The Morgan fingerprint density at radius 2 is 2.21 bits per heavy atom. The fraction of sp³-hybridized carbons (Fsp3) is 0.643. The van der Waals surface area contributed by atoms with E-state index in [1.807, 2.05) is 18.0 Å². The number of rotatable bonds is 4. The lowest BCUT2D eigenvalue weighted by Gasteiger charge is -2.36. The predicted octanol–water partition coefficient (Wildman–Crippen LogP) is 2.72. The van der Waals surface area contributed by atoms with Crippen LogP contribution in [0.2, 0.25) is 0 Å². The lowest BCUT2D eigenvalue weighted by Crippen LogP contribution is -2.45. The molecule has 19 heavy (non-hydrogen) atoms. The molecule has 0 atom stereocenters. The van der Waals surface area contributed by atoms with Crippen molar-refractivity contribution in [3.8, 4) is 0 Å². The first-order valence-corrected chi connectivity index (χ1v) is 7.74. The van der Waals surface area contributed by atoms with Crippen LogP contribution in [0.3, 0.4) is 0 Å². The molecule has 2 heterocycles. The van der Waals surface area contributed by atoms with Crippen LogP contribution in [0.15, 0.2) is 16.7 Å². The van der Waals surface area contributed by atoms with E-state index in [9.17, 15) is 4.79 Å². The minimum atomic E-state index is 0.0830. The van der Waals surface area contributed by atoms with Crippen molar-refractivity contribution in [2.24, 2.45) is 0 Å². The van der Waals surface area contributed by atoms with Crippen molar-refractivity contribution in [2.75, 3.05) is 26.7 Å². The van der Waals surface area contributed by atoms with Gasteiger partial charge in [0.1, 0.15) is 5.69 Å². The Kier molecular flexibility index (Phi) is 5.05. The fourth-order valence-electron chi connectivity index (χ4n) is 2.69. The number of nitrogens with zero attached hydrogens (tertiary/aromatic N) is 2. The van der Waals surface area contributed by atoms with Crippen molar-refractivity contribution >= 4 is 21.8 Å². The van der Waals surface area contributed by atoms with E-state index in [4.69, 9.17) is 0 Å². The molecule has 0 radical (unpaired) electrons. The van der Waals surface area contributed by atoms with Gasteiger partial charge in [0.2, 0.25) is 0 Å². The average molecular weight is 328 g/mol. The second kappa shape index (κ2) is 6.57. The second-order valence-electron chi connectivity index (χ2n) is 5.22. The lowest BCUT2D eigenvalue weighted by molar-refractivity contribution is 0.0637. The number of halogens is 1. The van der Waals surface area contributed by atoms with Crippen LogP contribution in [0.5, 0.6) is 0 Å². The number of piperidine rings is 1. The molecule has 106 valence electrons. The maximum atomic E-state index is 12.3. The summed E-state index contributed by atoms with van der Waals surface area (Å²) in [6.45, 7) is 5.59. The van der Waals surface area contributed by atoms with Crippen LogP contribution >= 0.6 is 15.9 Å². The standard InChI is InChI=1S/C14H22BrN3O/c1-3-6-18-7-4-12(5-8-18)17(2)14(19)13-9-11(15)10-16-13/h9-10,12,16H,3-8H2,1-2H3. The van der Waals surface area contributed by atoms with Gasteiger partial charge in [-0.05, 0) is 47.8 Å². The van der Waals surface area contributed by atoms with E-state index < -0.39 is 0 Å². The third kappa shape index (κ3) is 3.60. The fourth-order valence-corrected chi connectivity index (χ4v) is 3.04. The van der Waals surface area contributed by atoms with Crippen LogP contribution in [0, 0.1) is 0 Å². The number of nitrogens with one attached hydrogen (secondary N) is 1. The average Bonchev–Trinajstić information content (AvgIpc) is 2.85. The van der Waals surface area contributed by atoms with E-state index >= 15 is 0 Å². The van der Waals surface area contributed by atoms with Gasteiger partial charge in [0.15, 0.2) is 0 Å². The molecule has 0 aliphatic carbocycles. The van der Waals surface area contributed by atoms with Gasteiger partial charge in [-0.15, -0.1) is 0 Å². The van der Waals surface area contributed by atoms with Crippen LogP contribution in [-0.2, 0) is 0 Å². The highest BCUT2D eigenvalue weighted by molar-refractivity contribution is 9.10. The summed E-state index contributed by atoms with van der Waals surface area (Å²) in [6.07, 6.45) is 5.15. The second-order valence-corrected chi connectivity index (χ2v) is 6.14. The first-order chi connectivity index (χ1) is 9.11. The number of carbonyl (C=O) groups is 1. The monoisotopic (exact) mass is 327 g/mol. The van der Waals surface area contributed by atoms with E-state index in [1.165, 1.54) is 13.0 Å². The lowest BCUT2D eigenvalue weighted by atomic mass is 10.0. The molecule has 0 spiro atoms. The van der Waals surface area contributed by atoms with Crippen LogP contribution < -0.4 is 0 Å². The Bertz CT molecular complexity index is 424. The minimum Gasteiger partial charge on any atom is -0.356 e. The molecule has 5 heteroatoms. The van der Waals surface area contributed by atoms with Gasteiger partial charge in [-0.25, -0.2) is 0 Å². The van der Waals surface area contributed by atoms with E-state index in [-0.39, 0.29) is 5.91 Å². The SMILES string of the molecule is CCCN1CCC(N(C)C(=O)c2cc(Br)c[nH]2)CC1. The van der Waals surface area contributed by atoms with Crippen molar-refractivity contribution in [3.05, 3.63) is 22.4 Å². The number of likely N-dealkylation sites (tertiary alicyclic amines) is 1. The summed E-state index contributed by atoms with van der Waals surface area (Å²) in [5.41, 5.74) is 0.658. The molecule has 1 fully saturated rings. The van der Waals surface area contributed by atoms with Crippen LogP contribution in [-0.4, -0.2) is 53.4 Å². The highest BCUT2D eigenvalue weighted by Crippen LogP contribution is 2.19. The highest BCUT2D eigenvalue weighted by atomic mass is 79.9. The molecular formula is C14H22BrN3O. The molecular weight excluding hydrogens is 306 g/mol. The van der Waals surface area contributed by atoms with Crippen molar-refractivity contribution < 1.29 is 4.79 Å². The van der Waals surface area contributed by atoms with Gasteiger partial charge in [0.05, 0.1) is 0 Å². The Morgan fingerprint density at radius 3 is 2.74 bits per heavy atom. The zero-order chi connectivity index (χ0) is 13.8. The molecule has 1 N–H and O–H groups in total.